The number of carbonyl (C=O) groups is 1. The Kier molecular flexibility index (Phi) is 4.01. The van der Waals surface area contributed by atoms with Crippen molar-refractivity contribution < 1.29 is 4.79 Å². The van der Waals surface area contributed by atoms with Gasteiger partial charge in [0.25, 0.3) is 0 Å². The van der Waals surface area contributed by atoms with Gasteiger partial charge in [0, 0.05) is 5.92 Å². The van der Waals surface area contributed by atoms with Crippen molar-refractivity contribution in [3.63, 3.8) is 0 Å². The molecule has 0 N–H and O–H groups in total. The lowest BCUT2D eigenvalue weighted by atomic mass is 9.92. The van der Waals surface area contributed by atoms with Crippen LogP contribution in [-0.2, 0) is 4.79 Å². The number of hydrogen-bond donors (Lipinski definition) is 0. The van der Waals surface area contributed by atoms with E-state index in [0.717, 1.165) is 0 Å². The van der Waals surface area contributed by atoms with Gasteiger partial charge < -0.3 is 0 Å². The van der Waals surface area contributed by atoms with Crippen LogP contribution in [0.15, 0.2) is 12.2 Å². The Morgan fingerprint density at radius 1 is 1.40 bits per heavy atom. The van der Waals surface area contributed by atoms with Crippen molar-refractivity contribution in [2.75, 3.05) is 0 Å². The number of hydrogen-bond acceptors (Lipinski definition) is 1. The Morgan fingerprint density at radius 2 is 1.90 bits per heavy atom. The van der Waals surface area contributed by atoms with E-state index in [0.29, 0.717) is 5.92 Å². The van der Waals surface area contributed by atoms with Crippen LogP contribution in [0.1, 0.15) is 27.7 Å². The molecule has 0 saturated carbocycles. The van der Waals surface area contributed by atoms with Crippen molar-refractivity contribution in [2.24, 2.45) is 11.8 Å². The van der Waals surface area contributed by atoms with Gasteiger partial charge in [0.15, 0.2) is 0 Å². The number of Topliss-reactive ketones (excluding diaryl/α,β-unsaturated/α-hetero) is 1. The monoisotopic (exact) mass is 140 g/mol. The second-order valence-electron chi connectivity index (χ2n) is 2.78. The molecule has 0 bridgehead atoms. The highest BCUT2D eigenvalue weighted by atomic mass is 16.1. The van der Waals surface area contributed by atoms with Gasteiger partial charge in [-0.3, -0.25) is 4.79 Å². The maximum atomic E-state index is 10.8. The first-order valence-corrected chi connectivity index (χ1v) is 3.72. The minimum absolute atomic E-state index is 0.163. The zero-order valence-electron chi connectivity index (χ0n) is 7.22. The molecule has 0 fully saturated rings. The SMILES string of the molecule is CC=CC(C)C(C)C(C)=O. The summed E-state index contributed by atoms with van der Waals surface area (Å²) < 4.78 is 0. The van der Waals surface area contributed by atoms with Crippen LogP contribution >= 0.6 is 0 Å². The van der Waals surface area contributed by atoms with Crippen molar-refractivity contribution in [3.8, 4) is 0 Å². The molecule has 0 aromatic heterocycles. The van der Waals surface area contributed by atoms with Crippen LogP contribution in [0, 0.1) is 11.8 Å². The predicted molar refractivity (Wildman–Crippen MR) is 43.8 cm³/mol. The molecule has 0 aliphatic heterocycles. The minimum Gasteiger partial charge on any atom is -0.300 e. The maximum Gasteiger partial charge on any atom is 0.133 e. The largest absolute Gasteiger partial charge is 0.300 e. The zero-order chi connectivity index (χ0) is 8.15. The maximum absolute atomic E-state index is 10.8. The molecule has 10 heavy (non-hydrogen) atoms. The summed E-state index contributed by atoms with van der Waals surface area (Å²) in [5, 5.41) is 0. The number of allylic oxidation sites excluding steroid dienone is 2. The average molecular weight is 140 g/mol. The minimum atomic E-state index is 0.163. The highest BCUT2D eigenvalue weighted by molar-refractivity contribution is 5.78. The lowest BCUT2D eigenvalue weighted by Gasteiger charge is -2.11. The highest BCUT2D eigenvalue weighted by Gasteiger charge is 2.12. The van der Waals surface area contributed by atoms with E-state index < -0.39 is 0 Å². The Hall–Kier alpha value is -0.590. The van der Waals surface area contributed by atoms with Crippen LogP contribution in [0.4, 0.5) is 0 Å². The molecule has 0 rings (SSSR count). The van der Waals surface area contributed by atoms with E-state index in [1.165, 1.54) is 0 Å². The molecule has 1 nitrogen and oxygen atoms in total. The smallest absolute Gasteiger partial charge is 0.133 e. The van der Waals surface area contributed by atoms with Gasteiger partial charge in [-0.05, 0) is 19.8 Å². The molecule has 0 aliphatic carbocycles. The zero-order valence-corrected chi connectivity index (χ0v) is 7.22. The van der Waals surface area contributed by atoms with Gasteiger partial charge >= 0.3 is 0 Å². The van der Waals surface area contributed by atoms with Crippen LogP contribution in [0.2, 0.25) is 0 Å². The molecule has 2 atom stereocenters. The fourth-order valence-corrected chi connectivity index (χ4v) is 0.840. The van der Waals surface area contributed by atoms with Gasteiger partial charge in [0.1, 0.15) is 5.78 Å². The molecule has 1 heteroatoms. The lowest BCUT2D eigenvalue weighted by molar-refractivity contribution is -0.121. The second-order valence-corrected chi connectivity index (χ2v) is 2.78. The quantitative estimate of drug-likeness (QED) is 0.550. The van der Waals surface area contributed by atoms with Crippen molar-refractivity contribution in [3.05, 3.63) is 12.2 Å². The van der Waals surface area contributed by atoms with Gasteiger partial charge in [0.05, 0.1) is 0 Å². The summed E-state index contributed by atoms with van der Waals surface area (Å²) >= 11 is 0. The first-order chi connectivity index (χ1) is 4.59. The summed E-state index contributed by atoms with van der Waals surface area (Å²) in [5.74, 6) is 0.810. The molecule has 0 spiro atoms. The molecule has 2 unspecified atom stereocenters. The average Bonchev–Trinajstić information content (AvgIpc) is 1.87. The standard InChI is InChI=1S/C9H16O/c1-5-6-7(2)8(3)9(4)10/h5-8H,1-4H3. The van der Waals surface area contributed by atoms with E-state index >= 15 is 0 Å². The molecule has 0 radical (unpaired) electrons. The number of carbonyl (C=O) groups excluding carboxylic acids is 1. The highest BCUT2D eigenvalue weighted by Crippen LogP contribution is 2.12. The molecule has 58 valence electrons. The number of ketones is 1. The Morgan fingerprint density at radius 3 is 2.20 bits per heavy atom. The van der Waals surface area contributed by atoms with Gasteiger partial charge in [-0.1, -0.05) is 26.0 Å². The third-order valence-corrected chi connectivity index (χ3v) is 1.93. The van der Waals surface area contributed by atoms with Crippen molar-refractivity contribution >= 4 is 5.78 Å². The summed E-state index contributed by atoms with van der Waals surface area (Å²) in [5.41, 5.74) is 0. The Bertz CT molecular complexity index is 136. The Balaban J connectivity index is 3.93. The van der Waals surface area contributed by atoms with Crippen LogP contribution in [0.25, 0.3) is 0 Å². The van der Waals surface area contributed by atoms with E-state index in [4.69, 9.17) is 0 Å². The van der Waals surface area contributed by atoms with E-state index in [9.17, 15) is 4.79 Å². The topological polar surface area (TPSA) is 17.1 Å². The van der Waals surface area contributed by atoms with Crippen molar-refractivity contribution in [2.45, 2.75) is 27.7 Å². The van der Waals surface area contributed by atoms with Crippen LogP contribution < -0.4 is 0 Å². The van der Waals surface area contributed by atoms with Crippen LogP contribution in [-0.4, -0.2) is 5.78 Å². The third kappa shape index (κ3) is 2.81. The van der Waals surface area contributed by atoms with E-state index in [2.05, 4.69) is 13.0 Å². The van der Waals surface area contributed by atoms with Gasteiger partial charge in [0.2, 0.25) is 0 Å². The molecule has 0 aromatic rings. The molecule has 0 heterocycles. The normalized spacial score (nSPS) is 17.2. The molecular weight excluding hydrogens is 124 g/mol. The summed E-state index contributed by atoms with van der Waals surface area (Å²) in [6.07, 6.45) is 4.05. The summed E-state index contributed by atoms with van der Waals surface area (Å²) in [6.45, 7) is 7.65. The molecule has 0 aromatic carbocycles. The molecule has 0 amide bonds. The van der Waals surface area contributed by atoms with Gasteiger partial charge in [-0.15, -0.1) is 0 Å². The predicted octanol–water partition coefficient (Wildman–Crippen LogP) is 2.42. The molecule has 0 saturated heterocycles. The third-order valence-electron chi connectivity index (χ3n) is 1.93. The summed E-state index contributed by atoms with van der Waals surface area (Å²) in [4.78, 5) is 10.8. The first-order valence-electron chi connectivity index (χ1n) is 3.72. The van der Waals surface area contributed by atoms with Crippen molar-refractivity contribution in [1.82, 2.24) is 0 Å². The Labute approximate surface area is 63.1 Å². The summed E-state index contributed by atoms with van der Waals surface area (Å²) in [7, 11) is 0. The van der Waals surface area contributed by atoms with Crippen molar-refractivity contribution in [1.29, 1.82) is 0 Å². The summed E-state index contributed by atoms with van der Waals surface area (Å²) in [6, 6.07) is 0. The first kappa shape index (κ1) is 9.41. The molecule has 0 aliphatic rings. The second kappa shape index (κ2) is 4.26. The lowest BCUT2D eigenvalue weighted by Crippen LogP contribution is -2.13. The van der Waals surface area contributed by atoms with Crippen LogP contribution in [0.5, 0.6) is 0 Å². The fraction of sp³-hybridized carbons (Fsp3) is 0.667. The van der Waals surface area contributed by atoms with Gasteiger partial charge in [-0.2, -0.15) is 0 Å². The van der Waals surface area contributed by atoms with Gasteiger partial charge in [-0.25, -0.2) is 0 Å². The molecular formula is C9H16O. The number of rotatable bonds is 3. The fourth-order valence-electron chi connectivity index (χ4n) is 0.840. The van der Waals surface area contributed by atoms with E-state index in [1.54, 1.807) is 6.92 Å². The van der Waals surface area contributed by atoms with Crippen LogP contribution in [0.3, 0.4) is 0 Å². The van der Waals surface area contributed by atoms with E-state index in [1.807, 2.05) is 19.9 Å². The van der Waals surface area contributed by atoms with E-state index in [-0.39, 0.29) is 11.7 Å².